The predicted molar refractivity (Wildman–Crippen MR) is 112 cm³/mol. The van der Waals surface area contributed by atoms with Gasteiger partial charge in [-0.1, -0.05) is 54.6 Å². The normalized spacial score (nSPS) is 12.5. The number of alkyl halides is 3. The number of carbonyl (C=O) groups is 1. The molecule has 0 aliphatic carbocycles. The summed E-state index contributed by atoms with van der Waals surface area (Å²) in [4.78, 5) is 23.8. The maximum atomic E-state index is 12.4. The molecule has 2 aromatic carbocycles. The van der Waals surface area contributed by atoms with E-state index in [0.717, 1.165) is 11.1 Å². The van der Waals surface area contributed by atoms with E-state index in [-0.39, 0.29) is 11.5 Å². The van der Waals surface area contributed by atoms with Gasteiger partial charge in [0, 0.05) is 28.3 Å². The Morgan fingerprint density at radius 3 is 2.31 bits per heavy atom. The number of nitrogens with two attached hydrogens (primary N) is 2. The van der Waals surface area contributed by atoms with Gasteiger partial charge in [-0.3, -0.25) is 5.73 Å². The lowest BCUT2D eigenvalue weighted by Crippen LogP contribution is -2.29. The van der Waals surface area contributed by atoms with E-state index in [4.69, 9.17) is 11.5 Å². The standard InChI is InChI=1S/C22H16F3N5O2/c23-22(24,25)20(31)32-18(26)14-8-6-13(7-9-14)17-16(12-4-2-1-3-5-12)10-15-11-28-21(27)30-19(15)29-17/h1-11,18H,26H2,(H2,27,28,29,30). The summed E-state index contributed by atoms with van der Waals surface area (Å²) < 4.78 is 41.5. The molecule has 0 fully saturated rings. The number of aromatic nitrogens is 3. The van der Waals surface area contributed by atoms with E-state index >= 15 is 0 Å². The van der Waals surface area contributed by atoms with Gasteiger partial charge in [-0.05, 0) is 11.6 Å². The maximum Gasteiger partial charge on any atom is 0.490 e. The average molecular weight is 439 g/mol. The fourth-order valence-electron chi connectivity index (χ4n) is 3.12. The molecule has 4 rings (SSSR count). The van der Waals surface area contributed by atoms with Crippen LogP contribution in [0.3, 0.4) is 0 Å². The van der Waals surface area contributed by atoms with Gasteiger partial charge in [0.2, 0.25) is 5.95 Å². The fourth-order valence-corrected chi connectivity index (χ4v) is 3.12. The van der Waals surface area contributed by atoms with Crippen molar-refractivity contribution in [2.45, 2.75) is 12.4 Å². The van der Waals surface area contributed by atoms with Crippen LogP contribution in [0, 0.1) is 0 Å². The number of nitrogen functional groups attached to an aromatic ring is 1. The quantitative estimate of drug-likeness (QED) is 0.365. The third kappa shape index (κ3) is 4.35. The number of pyridine rings is 1. The van der Waals surface area contributed by atoms with Crippen molar-refractivity contribution in [3.63, 3.8) is 0 Å². The first-order chi connectivity index (χ1) is 15.2. The number of rotatable bonds is 4. The highest BCUT2D eigenvalue weighted by Gasteiger charge is 2.42. The molecule has 4 aromatic rings. The number of carbonyl (C=O) groups excluding carboxylic acids is 1. The van der Waals surface area contributed by atoms with E-state index in [9.17, 15) is 18.0 Å². The second-order valence-electron chi connectivity index (χ2n) is 6.84. The maximum absolute atomic E-state index is 12.4. The molecule has 0 aliphatic rings. The Bertz CT molecular complexity index is 1280. The molecule has 162 valence electrons. The van der Waals surface area contributed by atoms with Gasteiger partial charge in [0.1, 0.15) is 0 Å². The molecule has 4 N–H and O–H groups in total. The molecule has 10 heteroatoms. The van der Waals surface area contributed by atoms with E-state index in [1.807, 2.05) is 36.4 Å². The van der Waals surface area contributed by atoms with E-state index in [1.54, 1.807) is 18.3 Å². The van der Waals surface area contributed by atoms with Crippen molar-refractivity contribution in [2.24, 2.45) is 5.73 Å². The summed E-state index contributed by atoms with van der Waals surface area (Å²) >= 11 is 0. The highest BCUT2D eigenvalue weighted by atomic mass is 19.4. The molecule has 0 saturated heterocycles. The topological polar surface area (TPSA) is 117 Å². The molecule has 0 bridgehead atoms. The van der Waals surface area contributed by atoms with Crippen LogP contribution in [0.4, 0.5) is 19.1 Å². The summed E-state index contributed by atoms with van der Waals surface area (Å²) in [6.07, 6.45) is -5.11. The van der Waals surface area contributed by atoms with E-state index < -0.39 is 18.4 Å². The Labute approximate surface area is 179 Å². The van der Waals surface area contributed by atoms with Gasteiger partial charge in [0.15, 0.2) is 11.9 Å². The lowest BCUT2D eigenvalue weighted by molar-refractivity contribution is -0.205. The summed E-state index contributed by atoms with van der Waals surface area (Å²) in [7, 11) is 0. The number of halogens is 3. The lowest BCUT2D eigenvalue weighted by Gasteiger charge is -2.16. The monoisotopic (exact) mass is 439 g/mol. The first kappa shape index (κ1) is 21.2. The third-order valence-electron chi connectivity index (χ3n) is 4.65. The third-order valence-corrected chi connectivity index (χ3v) is 4.65. The Hall–Kier alpha value is -4.05. The van der Waals surface area contributed by atoms with Gasteiger partial charge in [0.25, 0.3) is 0 Å². The van der Waals surface area contributed by atoms with E-state index in [0.29, 0.717) is 22.3 Å². The Morgan fingerprint density at radius 1 is 0.969 bits per heavy atom. The number of hydrogen-bond donors (Lipinski definition) is 2. The highest BCUT2D eigenvalue weighted by molar-refractivity contribution is 5.90. The van der Waals surface area contributed by atoms with Crippen molar-refractivity contribution >= 4 is 23.0 Å². The molecular formula is C22H16F3N5O2. The van der Waals surface area contributed by atoms with Crippen LogP contribution in [-0.4, -0.2) is 27.1 Å². The molecule has 1 unspecified atom stereocenters. The van der Waals surface area contributed by atoms with Crippen LogP contribution >= 0.6 is 0 Å². The lowest BCUT2D eigenvalue weighted by atomic mass is 9.97. The largest absolute Gasteiger partial charge is 0.490 e. The van der Waals surface area contributed by atoms with Crippen LogP contribution < -0.4 is 11.5 Å². The number of esters is 1. The van der Waals surface area contributed by atoms with Gasteiger partial charge >= 0.3 is 12.1 Å². The number of ether oxygens (including phenoxy) is 1. The Kier molecular flexibility index (Phi) is 5.45. The molecular weight excluding hydrogens is 423 g/mol. The average Bonchev–Trinajstić information content (AvgIpc) is 2.78. The van der Waals surface area contributed by atoms with Crippen molar-refractivity contribution in [1.82, 2.24) is 15.0 Å². The minimum atomic E-state index is -5.12. The van der Waals surface area contributed by atoms with Gasteiger partial charge in [-0.2, -0.15) is 18.2 Å². The Balaban J connectivity index is 1.74. The van der Waals surface area contributed by atoms with Crippen LogP contribution in [0.1, 0.15) is 11.8 Å². The molecule has 7 nitrogen and oxygen atoms in total. The zero-order chi connectivity index (χ0) is 22.9. The van der Waals surface area contributed by atoms with Crippen LogP contribution in [0.25, 0.3) is 33.4 Å². The molecule has 0 radical (unpaired) electrons. The first-order valence-corrected chi connectivity index (χ1v) is 9.35. The summed E-state index contributed by atoms with van der Waals surface area (Å²) in [5.74, 6) is -2.27. The van der Waals surface area contributed by atoms with Gasteiger partial charge < -0.3 is 10.5 Å². The molecule has 1 atom stereocenters. The zero-order valence-electron chi connectivity index (χ0n) is 16.4. The number of nitrogens with zero attached hydrogens (tertiary/aromatic N) is 3. The summed E-state index contributed by atoms with van der Waals surface area (Å²) in [6, 6.07) is 17.6. The molecule has 32 heavy (non-hydrogen) atoms. The molecule has 0 saturated carbocycles. The summed E-state index contributed by atoms with van der Waals surface area (Å²) in [5, 5.41) is 0.694. The first-order valence-electron chi connectivity index (χ1n) is 9.35. The van der Waals surface area contributed by atoms with Gasteiger partial charge in [-0.15, -0.1) is 0 Å². The summed E-state index contributed by atoms with van der Waals surface area (Å²) in [6.45, 7) is 0. The van der Waals surface area contributed by atoms with Crippen molar-refractivity contribution in [3.05, 3.63) is 72.4 Å². The minimum Gasteiger partial charge on any atom is -0.436 e. The van der Waals surface area contributed by atoms with Crippen molar-refractivity contribution < 1.29 is 22.7 Å². The molecule has 2 heterocycles. The Morgan fingerprint density at radius 2 is 1.66 bits per heavy atom. The SMILES string of the molecule is Nc1ncc2cc(-c3ccccc3)c(-c3ccc(C(N)OC(=O)C(F)(F)F)cc3)nc2n1. The fraction of sp³-hybridized carbons (Fsp3) is 0.0909. The van der Waals surface area contributed by atoms with Crippen molar-refractivity contribution in [3.8, 4) is 22.4 Å². The van der Waals surface area contributed by atoms with E-state index in [2.05, 4.69) is 19.7 Å². The van der Waals surface area contributed by atoms with Crippen molar-refractivity contribution in [2.75, 3.05) is 5.73 Å². The second kappa shape index (κ2) is 8.23. The number of hydrogen-bond acceptors (Lipinski definition) is 7. The van der Waals surface area contributed by atoms with Crippen LogP contribution in [0.2, 0.25) is 0 Å². The van der Waals surface area contributed by atoms with Crippen LogP contribution in [-0.2, 0) is 9.53 Å². The van der Waals surface area contributed by atoms with Gasteiger partial charge in [-0.25, -0.2) is 14.8 Å². The minimum absolute atomic E-state index is 0.0798. The summed E-state index contributed by atoms with van der Waals surface area (Å²) in [5.41, 5.74) is 14.8. The molecule has 0 amide bonds. The highest BCUT2D eigenvalue weighted by Crippen LogP contribution is 2.33. The zero-order valence-corrected chi connectivity index (χ0v) is 16.4. The molecule has 0 spiro atoms. The number of benzene rings is 2. The number of anilines is 1. The number of fused-ring (bicyclic) bond motifs is 1. The smallest absolute Gasteiger partial charge is 0.436 e. The predicted octanol–water partition coefficient (Wildman–Crippen LogP) is 4.00. The van der Waals surface area contributed by atoms with Crippen molar-refractivity contribution in [1.29, 1.82) is 0 Å². The molecule has 0 aliphatic heterocycles. The van der Waals surface area contributed by atoms with Crippen LogP contribution in [0.5, 0.6) is 0 Å². The van der Waals surface area contributed by atoms with Gasteiger partial charge in [0.05, 0.1) is 5.69 Å². The molecule has 2 aromatic heterocycles. The van der Waals surface area contributed by atoms with E-state index in [1.165, 1.54) is 12.1 Å². The second-order valence-corrected chi connectivity index (χ2v) is 6.84. The van der Waals surface area contributed by atoms with Crippen LogP contribution in [0.15, 0.2) is 66.9 Å².